The smallest absolute Gasteiger partial charge is 0.0506 e. The molecule has 0 aromatic carbocycles. The van der Waals surface area contributed by atoms with Crippen molar-refractivity contribution in [2.75, 3.05) is 46.9 Å². The maximum Gasteiger partial charge on any atom is 0.0506 e. The van der Waals surface area contributed by atoms with E-state index in [1.165, 1.54) is 64.6 Å². The molecule has 0 spiro atoms. The van der Waals surface area contributed by atoms with Gasteiger partial charge in [0.05, 0.1) is 6.61 Å². The molecule has 1 N–H and O–H groups in total. The fourth-order valence-corrected chi connectivity index (χ4v) is 4.10. The van der Waals surface area contributed by atoms with Gasteiger partial charge in [0.15, 0.2) is 0 Å². The van der Waals surface area contributed by atoms with Crippen LogP contribution in [0.25, 0.3) is 0 Å². The van der Waals surface area contributed by atoms with Crippen molar-refractivity contribution in [3.05, 3.63) is 0 Å². The summed E-state index contributed by atoms with van der Waals surface area (Å²) in [6.07, 6.45) is 9.68. The van der Waals surface area contributed by atoms with Crippen molar-refractivity contribution in [3.63, 3.8) is 0 Å². The quantitative estimate of drug-likeness (QED) is 0.801. The van der Waals surface area contributed by atoms with Crippen LogP contribution < -0.4 is 5.32 Å². The van der Waals surface area contributed by atoms with Crippen LogP contribution in [0.3, 0.4) is 0 Å². The van der Waals surface area contributed by atoms with Gasteiger partial charge in [0, 0.05) is 26.2 Å². The summed E-state index contributed by atoms with van der Waals surface area (Å²) in [6, 6.07) is 0. The average molecular weight is 268 g/mol. The van der Waals surface area contributed by atoms with Crippen molar-refractivity contribution < 1.29 is 4.74 Å². The van der Waals surface area contributed by atoms with Gasteiger partial charge < -0.3 is 15.0 Å². The van der Waals surface area contributed by atoms with Crippen LogP contribution in [0.4, 0.5) is 0 Å². The Bertz CT molecular complexity index is 240. The van der Waals surface area contributed by atoms with E-state index in [0.717, 1.165) is 19.1 Å². The van der Waals surface area contributed by atoms with Gasteiger partial charge in [-0.2, -0.15) is 0 Å². The minimum atomic E-state index is 0.525. The lowest BCUT2D eigenvalue weighted by Crippen LogP contribution is -2.45. The molecular formula is C16H32N2O. The highest BCUT2D eigenvalue weighted by Crippen LogP contribution is 2.36. The number of hydrogen-bond donors (Lipinski definition) is 1. The summed E-state index contributed by atoms with van der Waals surface area (Å²) in [5.74, 6) is 0.758. The SMILES string of the molecule is CNCC1(CN(C)CC2CCCOC2)CCCCC1. The van der Waals surface area contributed by atoms with Crippen LogP contribution in [0.5, 0.6) is 0 Å². The largest absolute Gasteiger partial charge is 0.381 e. The van der Waals surface area contributed by atoms with Gasteiger partial charge in [0.25, 0.3) is 0 Å². The molecule has 2 rings (SSSR count). The predicted octanol–water partition coefficient (Wildman–Crippen LogP) is 2.51. The molecule has 1 aliphatic carbocycles. The number of hydrogen-bond acceptors (Lipinski definition) is 3. The second-order valence-electron chi connectivity index (χ2n) is 6.87. The maximum absolute atomic E-state index is 5.61. The first-order valence-corrected chi connectivity index (χ1v) is 8.15. The predicted molar refractivity (Wildman–Crippen MR) is 80.5 cm³/mol. The molecule has 1 unspecified atom stereocenters. The van der Waals surface area contributed by atoms with Crippen LogP contribution in [0.1, 0.15) is 44.9 Å². The van der Waals surface area contributed by atoms with Crippen molar-refractivity contribution >= 4 is 0 Å². The number of nitrogens with one attached hydrogen (secondary N) is 1. The standard InChI is InChI=1S/C16H32N2O/c1-17-13-16(8-4-3-5-9-16)14-18(2)11-15-7-6-10-19-12-15/h15,17H,3-14H2,1-2H3. The van der Waals surface area contributed by atoms with E-state index in [-0.39, 0.29) is 0 Å². The van der Waals surface area contributed by atoms with E-state index in [1.807, 2.05) is 0 Å². The zero-order valence-corrected chi connectivity index (χ0v) is 12.9. The Hall–Kier alpha value is -0.120. The minimum absolute atomic E-state index is 0.525. The third kappa shape index (κ3) is 4.73. The minimum Gasteiger partial charge on any atom is -0.381 e. The first kappa shape index (κ1) is 15.3. The molecule has 1 atom stereocenters. The van der Waals surface area contributed by atoms with E-state index in [2.05, 4.69) is 24.3 Å². The van der Waals surface area contributed by atoms with Crippen LogP contribution >= 0.6 is 0 Å². The first-order valence-electron chi connectivity index (χ1n) is 8.15. The van der Waals surface area contributed by atoms with E-state index in [1.54, 1.807) is 0 Å². The van der Waals surface area contributed by atoms with Gasteiger partial charge in [-0.15, -0.1) is 0 Å². The second-order valence-corrected chi connectivity index (χ2v) is 6.87. The van der Waals surface area contributed by atoms with Crippen molar-refractivity contribution in [1.29, 1.82) is 0 Å². The van der Waals surface area contributed by atoms with Crippen LogP contribution in [0.2, 0.25) is 0 Å². The highest BCUT2D eigenvalue weighted by atomic mass is 16.5. The third-order valence-electron chi connectivity index (χ3n) is 4.90. The van der Waals surface area contributed by atoms with Gasteiger partial charge in [-0.05, 0) is 51.1 Å². The summed E-state index contributed by atoms with van der Waals surface area (Å²) in [5.41, 5.74) is 0.525. The summed E-state index contributed by atoms with van der Waals surface area (Å²) in [4.78, 5) is 2.57. The van der Waals surface area contributed by atoms with E-state index < -0.39 is 0 Å². The molecule has 1 heterocycles. The molecule has 3 heteroatoms. The fourth-order valence-electron chi connectivity index (χ4n) is 4.10. The summed E-state index contributed by atoms with van der Waals surface area (Å²) in [5, 5.41) is 3.44. The van der Waals surface area contributed by atoms with Crippen LogP contribution in [0.15, 0.2) is 0 Å². The Morgan fingerprint density at radius 1 is 1.21 bits per heavy atom. The molecule has 2 aliphatic rings. The van der Waals surface area contributed by atoms with Crippen molar-refractivity contribution in [2.45, 2.75) is 44.9 Å². The molecule has 0 bridgehead atoms. The molecule has 1 saturated heterocycles. The van der Waals surface area contributed by atoms with Gasteiger partial charge >= 0.3 is 0 Å². The molecule has 0 amide bonds. The lowest BCUT2D eigenvalue weighted by Gasteiger charge is -2.41. The number of rotatable bonds is 6. The Morgan fingerprint density at radius 2 is 2.00 bits per heavy atom. The summed E-state index contributed by atoms with van der Waals surface area (Å²) in [7, 11) is 4.41. The van der Waals surface area contributed by atoms with Gasteiger partial charge in [0.2, 0.25) is 0 Å². The normalized spacial score (nSPS) is 27.6. The van der Waals surface area contributed by atoms with Crippen LogP contribution in [-0.4, -0.2) is 51.8 Å². The Labute approximate surface area is 119 Å². The van der Waals surface area contributed by atoms with Gasteiger partial charge in [0.1, 0.15) is 0 Å². The molecule has 2 fully saturated rings. The zero-order valence-electron chi connectivity index (χ0n) is 12.9. The van der Waals surface area contributed by atoms with E-state index in [4.69, 9.17) is 4.74 Å². The van der Waals surface area contributed by atoms with Crippen molar-refractivity contribution in [1.82, 2.24) is 10.2 Å². The lowest BCUT2D eigenvalue weighted by molar-refractivity contribution is 0.0315. The molecule has 0 aromatic heterocycles. The molecule has 0 aromatic rings. The fraction of sp³-hybridized carbons (Fsp3) is 1.00. The third-order valence-corrected chi connectivity index (χ3v) is 4.90. The Kier molecular flexibility index (Phi) is 6.11. The van der Waals surface area contributed by atoms with Crippen molar-refractivity contribution in [2.24, 2.45) is 11.3 Å². The molecule has 19 heavy (non-hydrogen) atoms. The summed E-state index contributed by atoms with van der Waals surface area (Å²) < 4.78 is 5.61. The van der Waals surface area contributed by atoms with Crippen molar-refractivity contribution in [3.8, 4) is 0 Å². The zero-order chi connectivity index (χ0) is 13.6. The Balaban J connectivity index is 1.81. The summed E-state index contributed by atoms with van der Waals surface area (Å²) in [6.45, 7) is 5.60. The topological polar surface area (TPSA) is 24.5 Å². The number of ether oxygens (including phenoxy) is 1. The van der Waals surface area contributed by atoms with E-state index >= 15 is 0 Å². The monoisotopic (exact) mass is 268 g/mol. The molecule has 112 valence electrons. The highest BCUT2D eigenvalue weighted by molar-refractivity contribution is 4.87. The van der Waals surface area contributed by atoms with Gasteiger partial charge in [-0.25, -0.2) is 0 Å². The number of nitrogens with zero attached hydrogens (tertiary/aromatic N) is 1. The first-order chi connectivity index (χ1) is 9.24. The van der Waals surface area contributed by atoms with Crippen LogP contribution in [0, 0.1) is 11.3 Å². The van der Waals surface area contributed by atoms with E-state index in [9.17, 15) is 0 Å². The Morgan fingerprint density at radius 3 is 2.63 bits per heavy atom. The maximum atomic E-state index is 5.61. The highest BCUT2D eigenvalue weighted by Gasteiger charge is 2.33. The van der Waals surface area contributed by atoms with Gasteiger partial charge in [-0.1, -0.05) is 19.3 Å². The molecule has 1 aliphatic heterocycles. The average Bonchev–Trinajstić information content (AvgIpc) is 2.40. The van der Waals surface area contributed by atoms with Gasteiger partial charge in [-0.3, -0.25) is 0 Å². The molecule has 3 nitrogen and oxygen atoms in total. The molecule has 0 radical (unpaired) electrons. The van der Waals surface area contributed by atoms with Crippen LogP contribution in [-0.2, 0) is 4.74 Å². The molecular weight excluding hydrogens is 236 g/mol. The molecule has 1 saturated carbocycles. The second kappa shape index (κ2) is 7.61. The lowest BCUT2D eigenvalue weighted by atomic mass is 9.73. The van der Waals surface area contributed by atoms with E-state index in [0.29, 0.717) is 5.41 Å². The summed E-state index contributed by atoms with van der Waals surface area (Å²) >= 11 is 0.